The molecule has 0 unspecified atom stereocenters. The van der Waals surface area contributed by atoms with Crippen LogP contribution in [0.25, 0.3) is 10.8 Å². The molecule has 0 spiro atoms. The molecule has 1 fully saturated rings. The summed E-state index contributed by atoms with van der Waals surface area (Å²) in [6, 6.07) is 14.9. The number of nitrogens with zero attached hydrogens (tertiary/aromatic N) is 4. The van der Waals surface area contributed by atoms with Gasteiger partial charge in [-0.05, 0) is 22.9 Å². The number of carbonyl (C=O) groups excluding carboxylic acids is 1. The van der Waals surface area contributed by atoms with E-state index in [1.165, 1.54) is 0 Å². The maximum atomic E-state index is 12.8. The van der Waals surface area contributed by atoms with E-state index in [0.717, 1.165) is 50.2 Å². The molecule has 1 aromatic heterocycles. The Kier molecular flexibility index (Phi) is 5.33. The summed E-state index contributed by atoms with van der Waals surface area (Å²) in [5.74, 6) is 0.227. The highest BCUT2D eigenvalue weighted by molar-refractivity contribution is 6.13. The Morgan fingerprint density at radius 2 is 2.00 bits per heavy atom. The van der Waals surface area contributed by atoms with E-state index < -0.39 is 0 Å². The van der Waals surface area contributed by atoms with Gasteiger partial charge in [-0.1, -0.05) is 24.3 Å². The first-order valence-corrected chi connectivity index (χ1v) is 9.31. The Hall–Kier alpha value is -3.21. The minimum atomic E-state index is -0.272. The predicted molar refractivity (Wildman–Crippen MR) is 106 cm³/mol. The maximum absolute atomic E-state index is 12.8. The van der Waals surface area contributed by atoms with Crippen molar-refractivity contribution in [3.8, 4) is 6.07 Å². The summed E-state index contributed by atoms with van der Waals surface area (Å²) in [5.41, 5.74) is 0.928. The molecular weight excluding hydrogens is 354 g/mol. The summed E-state index contributed by atoms with van der Waals surface area (Å²) in [5, 5.41) is 18.2. The largest absolute Gasteiger partial charge is 0.379 e. The van der Waals surface area contributed by atoms with Crippen molar-refractivity contribution in [1.29, 1.82) is 5.26 Å². The fraction of sp³-hybridized carbons (Fsp3) is 0.286. The molecular formula is C21H21N5O2. The van der Waals surface area contributed by atoms with Crippen molar-refractivity contribution < 1.29 is 9.53 Å². The number of aromatic nitrogens is 2. The van der Waals surface area contributed by atoms with Gasteiger partial charge in [0, 0.05) is 37.5 Å². The first kappa shape index (κ1) is 18.2. The average molecular weight is 375 g/mol. The van der Waals surface area contributed by atoms with Crippen LogP contribution in [-0.4, -0.2) is 53.4 Å². The van der Waals surface area contributed by atoms with Crippen molar-refractivity contribution in [2.24, 2.45) is 0 Å². The van der Waals surface area contributed by atoms with Crippen LogP contribution in [0.5, 0.6) is 0 Å². The highest BCUT2D eigenvalue weighted by Gasteiger charge is 2.14. The Balaban J connectivity index is 1.46. The van der Waals surface area contributed by atoms with Gasteiger partial charge in [0.1, 0.15) is 0 Å². The maximum Gasteiger partial charge on any atom is 0.257 e. The summed E-state index contributed by atoms with van der Waals surface area (Å²) in [6.07, 6.45) is 1.86. The normalized spacial score (nSPS) is 14.7. The molecule has 3 aromatic rings. The van der Waals surface area contributed by atoms with E-state index in [0.29, 0.717) is 16.9 Å². The molecule has 2 aromatic carbocycles. The van der Waals surface area contributed by atoms with Gasteiger partial charge in [-0.3, -0.25) is 14.4 Å². The molecule has 0 radical (unpaired) electrons. The van der Waals surface area contributed by atoms with Crippen LogP contribution in [0.4, 0.5) is 5.82 Å². The fourth-order valence-electron chi connectivity index (χ4n) is 3.37. The van der Waals surface area contributed by atoms with E-state index in [-0.39, 0.29) is 5.91 Å². The number of hydrogen-bond acceptors (Lipinski definition) is 5. The van der Waals surface area contributed by atoms with Gasteiger partial charge in [-0.25, -0.2) is 0 Å². The van der Waals surface area contributed by atoms with Crippen molar-refractivity contribution in [2.45, 2.75) is 6.54 Å². The van der Waals surface area contributed by atoms with E-state index >= 15 is 0 Å². The van der Waals surface area contributed by atoms with Gasteiger partial charge in [0.2, 0.25) is 0 Å². The van der Waals surface area contributed by atoms with E-state index in [9.17, 15) is 10.1 Å². The second-order valence-corrected chi connectivity index (χ2v) is 6.73. The molecule has 0 bridgehead atoms. The van der Waals surface area contributed by atoms with Gasteiger partial charge >= 0.3 is 0 Å². The lowest BCUT2D eigenvalue weighted by Crippen LogP contribution is -2.38. The Labute approximate surface area is 163 Å². The van der Waals surface area contributed by atoms with Crippen LogP contribution in [-0.2, 0) is 11.3 Å². The van der Waals surface area contributed by atoms with Gasteiger partial charge in [-0.2, -0.15) is 10.4 Å². The number of rotatable bonds is 5. The van der Waals surface area contributed by atoms with Crippen LogP contribution in [0, 0.1) is 11.3 Å². The van der Waals surface area contributed by atoms with E-state index in [4.69, 9.17) is 4.74 Å². The van der Waals surface area contributed by atoms with Gasteiger partial charge < -0.3 is 10.1 Å². The van der Waals surface area contributed by atoms with Crippen molar-refractivity contribution in [1.82, 2.24) is 14.7 Å². The number of anilines is 1. The molecule has 4 rings (SSSR count). The summed E-state index contributed by atoms with van der Waals surface area (Å²) in [4.78, 5) is 15.2. The highest BCUT2D eigenvalue weighted by atomic mass is 16.5. The molecule has 1 aliphatic rings. The number of hydrogen-bond donors (Lipinski definition) is 1. The number of ether oxygens (including phenoxy) is 1. The molecule has 1 saturated heterocycles. The second kappa shape index (κ2) is 8.21. The number of nitriles is 1. The molecule has 1 amide bonds. The number of amides is 1. The number of benzene rings is 2. The third-order valence-electron chi connectivity index (χ3n) is 4.87. The van der Waals surface area contributed by atoms with Crippen LogP contribution < -0.4 is 5.32 Å². The van der Waals surface area contributed by atoms with Crippen molar-refractivity contribution in [3.05, 3.63) is 59.8 Å². The number of fused-ring (bicyclic) bond motifs is 1. The first-order chi connectivity index (χ1) is 13.7. The van der Waals surface area contributed by atoms with Crippen LogP contribution in [0.3, 0.4) is 0 Å². The third-order valence-corrected chi connectivity index (χ3v) is 4.87. The predicted octanol–water partition coefficient (Wildman–Crippen LogP) is 2.49. The van der Waals surface area contributed by atoms with Gasteiger partial charge in [-0.15, -0.1) is 0 Å². The van der Waals surface area contributed by atoms with Crippen molar-refractivity contribution >= 4 is 22.5 Å². The Morgan fingerprint density at radius 3 is 2.82 bits per heavy atom. The van der Waals surface area contributed by atoms with Gasteiger partial charge in [0.25, 0.3) is 5.91 Å². The van der Waals surface area contributed by atoms with Crippen LogP contribution in [0.2, 0.25) is 0 Å². The molecule has 28 heavy (non-hydrogen) atoms. The number of nitrogens with one attached hydrogen (secondary N) is 1. The summed E-state index contributed by atoms with van der Waals surface area (Å²) < 4.78 is 7.19. The summed E-state index contributed by atoms with van der Waals surface area (Å²) >= 11 is 0. The minimum absolute atomic E-state index is 0.272. The van der Waals surface area contributed by atoms with E-state index in [2.05, 4.69) is 21.4 Å². The molecule has 0 atom stereocenters. The monoisotopic (exact) mass is 375 g/mol. The number of carbonyl (C=O) groups is 1. The van der Waals surface area contributed by atoms with Crippen LogP contribution in [0.1, 0.15) is 15.9 Å². The van der Waals surface area contributed by atoms with Crippen molar-refractivity contribution in [2.75, 3.05) is 38.2 Å². The fourth-order valence-corrected chi connectivity index (χ4v) is 3.37. The quantitative estimate of drug-likeness (QED) is 0.741. The number of morpholine rings is 1. The average Bonchev–Trinajstić information content (AvgIpc) is 3.19. The van der Waals surface area contributed by atoms with Gasteiger partial charge in [0.05, 0.1) is 31.4 Å². The minimum Gasteiger partial charge on any atom is -0.379 e. The summed E-state index contributed by atoms with van der Waals surface area (Å²) in [6.45, 7) is 5.07. The lowest BCUT2D eigenvalue weighted by Gasteiger charge is -2.26. The highest BCUT2D eigenvalue weighted by Crippen LogP contribution is 2.22. The molecule has 2 heterocycles. The zero-order chi connectivity index (χ0) is 19.3. The van der Waals surface area contributed by atoms with E-state index in [1.807, 2.05) is 35.1 Å². The third kappa shape index (κ3) is 4.03. The Bertz CT molecular complexity index is 1030. The zero-order valence-corrected chi connectivity index (χ0v) is 15.5. The van der Waals surface area contributed by atoms with Crippen molar-refractivity contribution in [3.63, 3.8) is 0 Å². The molecule has 0 saturated carbocycles. The molecule has 7 heteroatoms. The second-order valence-electron chi connectivity index (χ2n) is 6.73. The summed E-state index contributed by atoms with van der Waals surface area (Å²) in [7, 11) is 0. The van der Waals surface area contributed by atoms with Crippen LogP contribution >= 0.6 is 0 Å². The molecule has 7 nitrogen and oxygen atoms in total. The Morgan fingerprint density at radius 1 is 1.18 bits per heavy atom. The SMILES string of the molecule is N#Cc1cc(C(=O)Nc2ccn(CCN3CCOCC3)n2)c2ccccc2c1. The lowest BCUT2D eigenvalue weighted by atomic mass is 10.0. The molecule has 1 N–H and O–H groups in total. The standard InChI is InChI=1S/C21H21N5O2/c22-15-16-13-17-3-1-2-4-18(17)19(14-16)21(27)23-20-5-6-26(24-20)8-7-25-9-11-28-12-10-25/h1-6,13-14H,7-12H2,(H,23,24,27). The van der Waals surface area contributed by atoms with Crippen LogP contribution in [0.15, 0.2) is 48.7 Å². The molecule has 142 valence electrons. The first-order valence-electron chi connectivity index (χ1n) is 9.31. The van der Waals surface area contributed by atoms with Gasteiger partial charge in [0.15, 0.2) is 5.82 Å². The zero-order valence-electron chi connectivity index (χ0n) is 15.5. The molecule has 0 aliphatic carbocycles. The lowest BCUT2D eigenvalue weighted by molar-refractivity contribution is 0.0360. The molecule has 1 aliphatic heterocycles. The topological polar surface area (TPSA) is 83.2 Å². The smallest absolute Gasteiger partial charge is 0.257 e. The van der Waals surface area contributed by atoms with E-state index in [1.54, 1.807) is 18.2 Å².